The van der Waals surface area contributed by atoms with Crippen molar-refractivity contribution < 1.29 is 9.13 Å². The highest BCUT2D eigenvalue weighted by molar-refractivity contribution is 5.55. The van der Waals surface area contributed by atoms with Crippen LogP contribution in [0.25, 0.3) is 11.4 Å². The van der Waals surface area contributed by atoms with Crippen molar-refractivity contribution in [1.29, 1.82) is 0 Å². The molecular formula is C29H45FN2O. The molecule has 0 saturated carbocycles. The summed E-state index contributed by atoms with van der Waals surface area (Å²) in [6.45, 7) is 6.88. The lowest BCUT2D eigenvalue weighted by Gasteiger charge is -2.14. The van der Waals surface area contributed by atoms with Gasteiger partial charge in [-0.1, -0.05) is 103 Å². The predicted molar refractivity (Wildman–Crippen MR) is 137 cm³/mol. The summed E-state index contributed by atoms with van der Waals surface area (Å²) in [6, 6.07) is 8.57. The molecule has 0 amide bonds. The molecule has 1 aromatic carbocycles. The number of hydrogen-bond donors (Lipinski definition) is 0. The molecule has 3 nitrogen and oxygen atoms in total. The topological polar surface area (TPSA) is 35.0 Å². The second-order valence-electron chi connectivity index (χ2n) is 9.53. The third-order valence-corrected chi connectivity index (χ3v) is 6.30. The number of aryl methyl sites for hydroxylation is 1. The van der Waals surface area contributed by atoms with E-state index >= 15 is 0 Å². The van der Waals surface area contributed by atoms with Crippen LogP contribution in [-0.4, -0.2) is 22.7 Å². The molecule has 33 heavy (non-hydrogen) atoms. The van der Waals surface area contributed by atoms with Crippen LogP contribution >= 0.6 is 0 Å². The van der Waals surface area contributed by atoms with Gasteiger partial charge in [0.15, 0.2) is 11.6 Å². The zero-order valence-electron chi connectivity index (χ0n) is 21.2. The maximum Gasteiger partial charge on any atom is 0.159 e. The third kappa shape index (κ3) is 11.6. The van der Waals surface area contributed by atoms with Crippen LogP contribution in [0, 0.1) is 5.92 Å². The molecule has 184 valence electrons. The van der Waals surface area contributed by atoms with Gasteiger partial charge in [-0.15, -0.1) is 0 Å². The zero-order valence-corrected chi connectivity index (χ0v) is 21.2. The fourth-order valence-corrected chi connectivity index (χ4v) is 4.29. The Morgan fingerprint density at radius 1 is 0.818 bits per heavy atom. The van der Waals surface area contributed by atoms with Gasteiger partial charge < -0.3 is 4.74 Å². The normalized spacial score (nSPS) is 13.1. The minimum atomic E-state index is -0.809. The van der Waals surface area contributed by atoms with E-state index in [2.05, 4.69) is 55.0 Å². The Morgan fingerprint density at radius 2 is 1.45 bits per heavy atom. The Hall–Kier alpha value is -1.97. The van der Waals surface area contributed by atoms with E-state index in [0.717, 1.165) is 24.8 Å². The largest absolute Gasteiger partial charge is 0.490 e. The first-order valence-corrected chi connectivity index (χ1v) is 13.3. The Morgan fingerprint density at radius 3 is 2.09 bits per heavy atom. The summed E-state index contributed by atoms with van der Waals surface area (Å²) in [5.74, 6) is 1.72. The van der Waals surface area contributed by atoms with Crippen LogP contribution < -0.4 is 4.74 Å². The summed E-state index contributed by atoms with van der Waals surface area (Å²) in [5, 5.41) is 0. The van der Waals surface area contributed by atoms with E-state index in [-0.39, 0.29) is 0 Å². The van der Waals surface area contributed by atoms with E-state index in [9.17, 15) is 4.39 Å². The van der Waals surface area contributed by atoms with Gasteiger partial charge in [0.25, 0.3) is 0 Å². The standard InChI is InChI=1S/C29H45FN2O/c1-4-6-7-8-9-10-11-12-14-25-15-17-26(18-16-25)29-31-22-28(23-32-29)33-20-19-27(30)21-24(3)13-5-2/h15-18,22-24,27H,4-14,19-21H2,1-3H3. The number of nitrogens with zero attached hydrogens (tertiary/aromatic N) is 2. The van der Waals surface area contributed by atoms with E-state index in [4.69, 9.17) is 4.74 Å². The Balaban J connectivity index is 1.67. The van der Waals surface area contributed by atoms with Gasteiger partial charge in [-0.3, -0.25) is 0 Å². The second-order valence-corrected chi connectivity index (χ2v) is 9.53. The molecule has 0 saturated heterocycles. The van der Waals surface area contributed by atoms with Crippen molar-refractivity contribution in [3.63, 3.8) is 0 Å². The minimum absolute atomic E-state index is 0.357. The first-order valence-electron chi connectivity index (χ1n) is 13.3. The van der Waals surface area contributed by atoms with Crippen molar-refractivity contribution in [1.82, 2.24) is 9.97 Å². The lowest BCUT2D eigenvalue weighted by atomic mass is 9.98. The van der Waals surface area contributed by atoms with Crippen molar-refractivity contribution >= 4 is 0 Å². The summed E-state index contributed by atoms with van der Waals surface area (Å²) < 4.78 is 19.7. The van der Waals surface area contributed by atoms with Crippen LogP contribution in [0.15, 0.2) is 36.7 Å². The van der Waals surface area contributed by atoms with Crippen molar-refractivity contribution in [2.45, 2.75) is 110 Å². The summed E-state index contributed by atoms with van der Waals surface area (Å²) in [4.78, 5) is 8.87. The molecule has 2 atom stereocenters. The maximum absolute atomic E-state index is 14.1. The van der Waals surface area contributed by atoms with Crippen molar-refractivity contribution in [2.24, 2.45) is 5.92 Å². The van der Waals surface area contributed by atoms with E-state index in [0.29, 0.717) is 36.9 Å². The fraction of sp³-hybridized carbons (Fsp3) is 0.655. The van der Waals surface area contributed by atoms with Crippen molar-refractivity contribution in [3.8, 4) is 17.1 Å². The SMILES string of the molecule is CCCCCCCCCCc1ccc(-c2ncc(OCCC(F)CC(C)CCC)cn2)cc1. The van der Waals surface area contributed by atoms with Crippen LogP contribution in [0.3, 0.4) is 0 Å². The molecule has 0 N–H and O–H groups in total. The lowest BCUT2D eigenvalue weighted by Crippen LogP contribution is -2.11. The van der Waals surface area contributed by atoms with Gasteiger partial charge >= 0.3 is 0 Å². The van der Waals surface area contributed by atoms with Crippen LogP contribution in [0.5, 0.6) is 5.75 Å². The van der Waals surface area contributed by atoms with Gasteiger partial charge in [0, 0.05) is 12.0 Å². The molecule has 0 radical (unpaired) electrons. The maximum atomic E-state index is 14.1. The molecule has 2 rings (SSSR count). The summed E-state index contributed by atoms with van der Waals surface area (Å²) >= 11 is 0. The van der Waals surface area contributed by atoms with E-state index in [1.165, 1.54) is 56.9 Å². The minimum Gasteiger partial charge on any atom is -0.490 e. The second kappa shape index (κ2) is 16.6. The van der Waals surface area contributed by atoms with Crippen molar-refractivity contribution in [3.05, 3.63) is 42.2 Å². The van der Waals surface area contributed by atoms with Gasteiger partial charge in [0.05, 0.1) is 19.0 Å². The first kappa shape index (κ1) is 27.3. The molecule has 2 unspecified atom stereocenters. The summed E-state index contributed by atoms with van der Waals surface area (Å²) in [6.07, 6.45) is 17.7. The lowest BCUT2D eigenvalue weighted by molar-refractivity contribution is 0.205. The highest BCUT2D eigenvalue weighted by atomic mass is 19.1. The monoisotopic (exact) mass is 456 g/mol. The molecule has 0 spiro atoms. The number of ether oxygens (including phenoxy) is 1. The molecule has 0 aliphatic rings. The Labute approximate surface area is 201 Å². The summed E-state index contributed by atoms with van der Waals surface area (Å²) in [5.41, 5.74) is 2.38. The van der Waals surface area contributed by atoms with Gasteiger partial charge in [0.1, 0.15) is 6.17 Å². The summed E-state index contributed by atoms with van der Waals surface area (Å²) in [7, 11) is 0. The van der Waals surface area contributed by atoms with Gasteiger partial charge in [-0.05, 0) is 30.7 Å². The van der Waals surface area contributed by atoms with Gasteiger partial charge in [0.2, 0.25) is 0 Å². The average molecular weight is 457 g/mol. The average Bonchev–Trinajstić information content (AvgIpc) is 2.82. The third-order valence-electron chi connectivity index (χ3n) is 6.30. The van der Waals surface area contributed by atoms with Crippen LogP contribution in [0.4, 0.5) is 4.39 Å². The molecule has 0 bridgehead atoms. The Kier molecular flexibility index (Phi) is 13.7. The number of benzene rings is 1. The predicted octanol–water partition coefficient (Wildman–Crippen LogP) is 8.76. The van der Waals surface area contributed by atoms with E-state index in [1.54, 1.807) is 12.4 Å². The van der Waals surface area contributed by atoms with E-state index < -0.39 is 6.17 Å². The molecule has 1 heterocycles. The van der Waals surface area contributed by atoms with Gasteiger partial charge in [-0.25, -0.2) is 14.4 Å². The van der Waals surface area contributed by atoms with Crippen LogP contribution in [0.1, 0.15) is 103 Å². The number of rotatable bonds is 18. The highest BCUT2D eigenvalue weighted by Crippen LogP contribution is 2.20. The number of hydrogen-bond acceptors (Lipinski definition) is 3. The van der Waals surface area contributed by atoms with Crippen molar-refractivity contribution in [2.75, 3.05) is 6.61 Å². The molecule has 0 aliphatic heterocycles. The number of halogens is 1. The molecular weight excluding hydrogens is 411 g/mol. The smallest absolute Gasteiger partial charge is 0.159 e. The fourth-order valence-electron chi connectivity index (χ4n) is 4.29. The molecule has 1 aromatic heterocycles. The molecule has 0 fully saturated rings. The quantitative estimate of drug-likeness (QED) is 0.210. The van der Waals surface area contributed by atoms with Crippen LogP contribution in [-0.2, 0) is 6.42 Å². The number of alkyl halides is 1. The number of aromatic nitrogens is 2. The van der Waals surface area contributed by atoms with E-state index in [1.807, 2.05) is 0 Å². The van der Waals surface area contributed by atoms with Gasteiger partial charge in [-0.2, -0.15) is 0 Å². The Bertz CT molecular complexity index is 732. The zero-order chi connectivity index (χ0) is 23.7. The molecule has 2 aromatic rings. The van der Waals surface area contributed by atoms with Crippen LogP contribution in [0.2, 0.25) is 0 Å². The number of unbranched alkanes of at least 4 members (excludes halogenated alkanes) is 7. The first-order chi connectivity index (χ1) is 16.1. The highest BCUT2D eigenvalue weighted by Gasteiger charge is 2.12. The molecule has 0 aliphatic carbocycles. The molecule has 4 heteroatoms.